The zero-order valence-corrected chi connectivity index (χ0v) is 25.8. The molecule has 0 bridgehead atoms. The van der Waals surface area contributed by atoms with Crippen molar-refractivity contribution < 1.29 is 87.2 Å². The molecular formula is C27H38Co3O9-6. The van der Waals surface area contributed by atoms with Crippen LogP contribution in [0.3, 0.4) is 0 Å². The van der Waals surface area contributed by atoms with Gasteiger partial charge in [-0.3, -0.25) is 32.1 Å². The fourth-order valence-corrected chi connectivity index (χ4v) is 2.91. The van der Waals surface area contributed by atoms with Gasteiger partial charge in [0.05, 0.1) is 20.3 Å². The Morgan fingerprint density at radius 2 is 1.05 bits per heavy atom. The molecule has 0 aromatic rings. The van der Waals surface area contributed by atoms with Crippen LogP contribution in [0.2, 0.25) is 0 Å². The molecule has 12 heteroatoms. The first kappa shape index (κ1) is 44.2. The molecule has 233 valence electrons. The molecule has 0 saturated heterocycles. The first-order valence-corrected chi connectivity index (χ1v) is 12.1. The molecule has 3 saturated carbocycles. The summed E-state index contributed by atoms with van der Waals surface area (Å²) in [7, 11) is 1.40. The van der Waals surface area contributed by atoms with E-state index in [4.69, 9.17) is 21.1 Å². The van der Waals surface area contributed by atoms with Crippen LogP contribution in [0.5, 0.6) is 0 Å². The molecule has 0 aliphatic heterocycles. The van der Waals surface area contributed by atoms with Gasteiger partial charge in [-0.1, -0.05) is 18.8 Å². The van der Waals surface area contributed by atoms with Crippen molar-refractivity contribution in [1.82, 2.24) is 0 Å². The van der Waals surface area contributed by atoms with Crippen molar-refractivity contribution in [3.05, 3.63) is 77.5 Å². The first-order chi connectivity index (χ1) is 17.7. The number of carbonyl (C=O) groups is 3. The van der Waals surface area contributed by atoms with Crippen LogP contribution in [-0.2, 0) is 87.2 Å². The normalized spacial score (nSPS) is 19.8. The van der Waals surface area contributed by atoms with E-state index in [1.165, 1.54) is 7.11 Å². The van der Waals surface area contributed by atoms with Crippen molar-refractivity contribution in [3.63, 3.8) is 0 Å². The summed E-state index contributed by atoms with van der Waals surface area (Å²) in [6.07, 6.45) is 8.22. The molecular weight excluding hydrogens is 645 g/mol. The van der Waals surface area contributed by atoms with E-state index in [-0.39, 0.29) is 57.8 Å². The molecule has 0 N–H and O–H groups in total. The monoisotopic (exact) mass is 683 g/mol. The Balaban J connectivity index is -0.000000303. The molecule has 0 spiro atoms. The summed E-state index contributed by atoms with van der Waals surface area (Å²) in [5, 5.41) is 0. The molecule has 3 atom stereocenters. The Bertz CT molecular complexity index is 735. The molecule has 0 heterocycles. The molecule has 0 aromatic carbocycles. The zero-order chi connectivity index (χ0) is 29.2. The summed E-state index contributed by atoms with van der Waals surface area (Å²) in [6.45, 7) is 17.1. The van der Waals surface area contributed by atoms with Gasteiger partial charge < -0.3 is 36.0 Å². The number of esters is 3. The van der Waals surface area contributed by atoms with Gasteiger partial charge in [-0.05, 0) is 0 Å². The third-order valence-corrected chi connectivity index (χ3v) is 5.78. The van der Waals surface area contributed by atoms with Crippen LogP contribution in [0.15, 0.2) is 38.0 Å². The predicted molar refractivity (Wildman–Crippen MR) is 132 cm³/mol. The van der Waals surface area contributed by atoms with E-state index in [0.717, 1.165) is 37.0 Å². The predicted octanol–water partition coefficient (Wildman–Crippen LogP) is 4.34. The average Bonchev–Trinajstić information content (AvgIpc) is 3.83. The number of ether oxygens (including phenoxy) is 3. The van der Waals surface area contributed by atoms with Crippen molar-refractivity contribution >= 4 is 17.9 Å². The molecule has 3 rings (SSSR count). The molecule has 3 aliphatic rings. The van der Waals surface area contributed by atoms with E-state index < -0.39 is 5.41 Å². The molecule has 3 aliphatic carbocycles. The van der Waals surface area contributed by atoms with E-state index in [1.807, 2.05) is 6.92 Å². The van der Waals surface area contributed by atoms with E-state index >= 15 is 0 Å². The number of rotatable bonds is 11. The van der Waals surface area contributed by atoms with Crippen LogP contribution in [-0.4, -0.2) is 38.2 Å². The maximum atomic E-state index is 11.8. The summed E-state index contributed by atoms with van der Waals surface area (Å²) in [4.78, 5) is 34.3. The fraction of sp³-hybridized carbons (Fsp3) is 0.444. The van der Waals surface area contributed by atoms with Crippen molar-refractivity contribution in [2.45, 2.75) is 32.6 Å². The van der Waals surface area contributed by atoms with Gasteiger partial charge in [-0.15, -0.1) is 55.7 Å². The second kappa shape index (κ2) is 24.0. The van der Waals surface area contributed by atoms with Crippen LogP contribution in [0, 0.1) is 62.7 Å². The minimum atomic E-state index is -0.608. The van der Waals surface area contributed by atoms with Gasteiger partial charge in [0.25, 0.3) is 0 Å². The Kier molecular flexibility index (Phi) is 27.2. The number of methoxy groups -OCH3 is 1. The summed E-state index contributed by atoms with van der Waals surface area (Å²) in [5.41, 5.74) is -0.608. The van der Waals surface area contributed by atoms with Crippen LogP contribution < -0.4 is 0 Å². The van der Waals surface area contributed by atoms with Crippen LogP contribution in [0.1, 0.15) is 32.6 Å². The van der Waals surface area contributed by atoms with Gasteiger partial charge in [0.1, 0.15) is 0 Å². The SMILES string of the molecule is C=CC1C[C-]1C(=O)OC.C=CC1C[C-]1C(=O)OCC([CH2-])(CC)COC(=O)[C-]1CC1C=C.[CH3-].[CH3-].[O]=[Co].[O]=[Co].[O]=[Co]. The number of hydrogen-bond acceptors (Lipinski definition) is 9. The molecule has 3 fully saturated rings. The Morgan fingerprint density at radius 3 is 1.26 bits per heavy atom. The minimum absolute atomic E-state index is 0. The third kappa shape index (κ3) is 16.1. The van der Waals surface area contributed by atoms with Gasteiger partial charge in [-0.25, -0.2) is 0 Å². The maximum absolute atomic E-state index is 11.8. The second-order valence-electron chi connectivity index (χ2n) is 8.21. The van der Waals surface area contributed by atoms with Gasteiger partial charge in [0.2, 0.25) is 0 Å². The molecule has 9 nitrogen and oxygen atoms in total. The Labute approximate surface area is 257 Å². The molecule has 39 heavy (non-hydrogen) atoms. The van der Waals surface area contributed by atoms with Gasteiger partial charge in [-0.2, -0.15) is 19.3 Å². The van der Waals surface area contributed by atoms with Crippen molar-refractivity contribution in [2.75, 3.05) is 20.3 Å². The molecule has 3 unspecified atom stereocenters. The molecule has 0 aromatic heterocycles. The van der Waals surface area contributed by atoms with Gasteiger partial charge in [0, 0.05) is 0 Å². The summed E-state index contributed by atoms with van der Waals surface area (Å²) >= 11 is 6.94. The van der Waals surface area contributed by atoms with E-state index in [0.29, 0.717) is 12.3 Å². The van der Waals surface area contributed by atoms with Crippen molar-refractivity contribution in [2.24, 2.45) is 23.2 Å². The van der Waals surface area contributed by atoms with Crippen molar-refractivity contribution in [3.8, 4) is 0 Å². The Morgan fingerprint density at radius 1 is 0.769 bits per heavy atom. The number of carbonyl (C=O) groups excluding carboxylic acids is 3. The van der Waals surface area contributed by atoms with Gasteiger partial charge >= 0.3 is 58.6 Å². The van der Waals surface area contributed by atoms with Crippen LogP contribution in [0.25, 0.3) is 0 Å². The van der Waals surface area contributed by atoms with E-state index in [9.17, 15) is 14.4 Å². The standard InChI is InChI=1S/C18H23O4.C7H9O2.2CH3.3Co.3O/c1-5-12-8-14(12)16(19)21-10-18(4,7-3)11-22-17(20)15-9-13(15)6-2;1-3-5-4-6(5)7(8)9-2;;;;;;;;/h5-6,12-13H,1-2,4,7-11H2,3H3;3,5H,1,4H2,2H3;2*1H3;;;;;;/q-3;3*-1;;;;;;. The average molecular weight is 683 g/mol. The molecule has 0 amide bonds. The van der Waals surface area contributed by atoms with Crippen molar-refractivity contribution in [1.29, 1.82) is 0 Å². The van der Waals surface area contributed by atoms with Crippen LogP contribution >= 0.6 is 0 Å². The first-order valence-electron chi connectivity index (χ1n) is 10.9. The fourth-order valence-electron chi connectivity index (χ4n) is 2.91. The Hall–Kier alpha value is -1.84. The zero-order valence-electron chi connectivity index (χ0n) is 22.7. The quantitative estimate of drug-likeness (QED) is 0.135. The topological polar surface area (TPSA) is 130 Å². The number of allylic oxidation sites excluding steroid dienone is 3. The third-order valence-electron chi connectivity index (χ3n) is 5.78. The van der Waals surface area contributed by atoms with Gasteiger partial charge in [0.15, 0.2) is 17.9 Å². The molecule has 0 radical (unpaired) electrons. The summed E-state index contributed by atoms with van der Waals surface area (Å²) in [5.74, 6) is 2.23. The van der Waals surface area contributed by atoms with E-state index in [2.05, 4.69) is 78.4 Å². The number of hydrogen-bond donors (Lipinski definition) is 0. The van der Waals surface area contributed by atoms with Crippen LogP contribution in [0.4, 0.5) is 0 Å². The summed E-state index contributed by atoms with van der Waals surface area (Å²) < 4.78 is 38.9. The summed E-state index contributed by atoms with van der Waals surface area (Å²) in [6, 6.07) is 0. The second-order valence-corrected chi connectivity index (χ2v) is 8.21. The van der Waals surface area contributed by atoms with E-state index in [1.54, 1.807) is 18.2 Å².